The molecular formula is C10H18N2O3. The van der Waals surface area contributed by atoms with Crippen LogP contribution in [0.1, 0.15) is 13.8 Å². The van der Waals surface area contributed by atoms with Gasteiger partial charge >= 0.3 is 5.97 Å². The number of carboxylic acids is 1. The van der Waals surface area contributed by atoms with Gasteiger partial charge in [0.25, 0.3) is 0 Å². The van der Waals surface area contributed by atoms with Crippen LogP contribution in [-0.2, 0) is 9.59 Å². The summed E-state index contributed by atoms with van der Waals surface area (Å²) in [6.45, 7) is 6.95. The van der Waals surface area contributed by atoms with Gasteiger partial charge in [0.2, 0.25) is 5.91 Å². The van der Waals surface area contributed by atoms with Crippen LogP contribution in [0.5, 0.6) is 0 Å². The van der Waals surface area contributed by atoms with E-state index in [1.165, 1.54) is 11.0 Å². The van der Waals surface area contributed by atoms with Crippen LogP contribution in [0.2, 0.25) is 0 Å². The van der Waals surface area contributed by atoms with Crippen LogP contribution >= 0.6 is 0 Å². The van der Waals surface area contributed by atoms with E-state index in [9.17, 15) is 9.59 Å². The molecule has 1 atom stereocenters. The highest BCUT2D eigenvalue weighted by molar-refractivity contribution is 5.85. The molecule has 0 unspecified atom stereocenters. The molecular weight excluding hydrogens is 196 g/mol. The van der Waals surface area contributed by atoms with E-state index in [2.05, 4.69) is 6.58 Å². The topological polar surface area (TPSA) is 83.6 Å². The second-order valence-corrected chi connectivity index (χ2v) is 3.67. The Labute approximate surface area is 89.6 Å². The molecule has 1 amide bonds. The van der Waals surface area contributed by atoms with E-state index in [0.717, 1.165) is 0 Å². The maximum atomic E-state index is 11.7. The van der Waals surface area contributed by atoms with Crippen LogP contribution in [0.15, 0.2) is 12.7 Å². The molecule has 0 aliphatic carbocycles. The number of hydrogen-bond donors (Lipinski definition) is 2. The summed E-state index contributed by atoms with van der Waals surface area (Å²) in [5.74, 6) is -1.42. The minimum absolute atomic E-state index is 0.0152. The van der Waals surface area contributed by atoms with Crippen molar-refractivity contribution in [2.24, 2.45) is 11.7 Å². The molecule has 15 heavy (non-hydrogen) atoms. The Morgan fingerprint density at radius 1 is 1.53 bits per heavy atom. The number of amides is 1. The maximum Gasteiger partial charge on any atom is 0.323 e. The smallest absolute Gasteiger partial charge is 0.323 e. The Morgan fingerprint density at radius 2 is 2.07 bits per heavy atom. The van der Waals surface area contributed by atoms with Gasteiger partial charge < -0.3 is 15.7 Å². The largest absolute Gasteiger partial charge is 0.480 e. The Morgan fingerprint density at radius 3 is 2.40 bits per heavy atom. The van der Waals surface area contributed by atoms with Crippen molar-refractivity contribution in [3.63, 3.8) is 0 Å². The average Bonchev–Trinajstić information content (AvgIpc) is 2.14. The number of nitrogens with two attached hydrogens (primary N) is 1. The van der Waals surface area contributed by atoms with Crippen LogP contribution in [0.4, 0.5) is 0 Å². The van der Waals surface area contributed by atoms with Gasteiger partial charge in [0, 0.05) is 6.54 Å². The molecule has 0 saturated heterocycles. The van der Waals surface area contributed by atoms with E-state index in [0.29, 0.717) is 0 Å². The fourth-order valence-electron chi connectivity index (χ4n) is 1.05. The van der Waals surface area contributed by atoms with E-state index in [4.69, 9.17) is 10.8 Å². The minimum atomic E-state index is -1.05. The summed E-state index contributed by atoms with van der Waals surface area (Å²) in [6.07, 6.45) is 1.48. The first kappa shape index (κ1) is 13.6. The second-order valence-electron chi connectivity index (χ2n) is 3.67. The Kier molecular flexibility index (Phi) is 5.62. The van der Waals surface area contributed by atoms with Crippen molar-refractivity contribution < 1.29 is 14.7 Å². The Hall–Kier alpha value is -1.36. The molecule has 0 heterocycles. The van der Waals surface area contributed by atoms with Gasteiger partial charge in [-0.05, 0) is 5.92 Å². The zero-order valence-corrected chi connectivity index (χ0v) is 9.14. The molecule has 0 aliphatic rings. The zero-order chi connectivity index (χ0) is 12.0. The quantitative estimate of drug-likeness (QED) is 0.613. The van der Waals surface area contributed by atoms with Crippen molar-refractivity contribution in [1.29, 1.82) is 0 Å². The molecule has 0 aromatic rings. The molecule has 0 bridgehead atoms. The van der Waals surface area contributed by atoms with Gasteiger partial charge in [-0.1, -0.05) is 19.9 Å². The van der Waals surface area contributed by atoms with Crippen molar-refractivity contribution in [2.45, 2.75) is 19.9 Å². The summed E-state index contributed by atoms with van der Waals surface area (Å²) >= 11 is 0. The first-order valence-corrected chi connectivity index (χ1v) is 4.77. The highest BCUT2D eigenvalue weighted by Gasteiger charge is 2.24. The third kappa shape index (κ3) is 4.60. The van der Waals surface area contributed by atoms with Gasteiger partial charge in [0.15, 0.2) is 0 Å². The number of carboxylic acid groups (broad SMARTS) is 1. The molecule has 3 N–H and O–H groups in total. The number of aliphatic carboxylic acids is 1. The van der Waals surface area contributed by atoms with Crippen LogP contribution in [0.25, 0.3) is 0 Å². The lowest BCUT2D eigenvalue weighted by Gasteiger charge is -2.24. The zero-order valence-electron chi connectivity index (χ0n) is 9.14. The fraction of sp³-hybridized carbons (Fsp3) is 0.600. The molecule has 0 aromatic heterocycles. The van der Waals surface area contributed by atoms with Crippen molar-refractivity contribution in [3.8, 4) is 0 Å². The molecule has 0 spiro atoms. The first-order valence-electron chi connectivity index (χ1n) is 4.77. The molecule has 0 aliphatic heterocycles. The summed E-state index contributed by atoms with van der Waals surface area (Å²) in [7, 11) is 0. The molecule has 0 aromatic carbocycles. The van der Waals surface area contributed by atoms with E-state index in [1.807, 2.05) is 13.8 Å². The van der Waals surface area contributed by atoms with Gasteiger partial charge in [-0.25, -0.2) is 0 Å². The summed E-state index contributed by atoms with van der Waals surface area (Å²) in [5, 5.41) is 8.61. The van der Waals surface area contributed by atoms with Gasteiger partial charge in [0.1, 0.15) is 6.54 Å². The maximum absolute atomic E-state index is 11.7. The monoisotopic (exact) mass is 214 g/mol. The van der Waals surface area contributed by atoms with Gasteiger partial charge in [-0.3, -0.25) is 9.59 Å². The van der Waals surface area contributed by atoms with Gasteiger partial charge in [0.05, 0.1) is 6.04 Å². The van der Waals surface area contributed by atoms with E-state index in [1.54, 1.807) is 0 Å². The standard InChI is InChI=1S/C10H18N2O3/c1-4-5-12(6-8(13)14)10(15)9(11)7(2)3/h4,7,9H,1,5-6,11H2,2-3H3,(H,13,14)/t9-/m0/s1. The molecule has 0 radical (unpaired) electrons. The lowest BCUT2D eigenvalue weighted by atomic mass is 10.0. The predicted octanol–water partition coefficient (Wildman–Crippen LogP) is 0.0689. The fourth-order valence-corrected chi connectivity index (χ4v) is 1.05. The van der Waals surface area contributed by atoms with Crippen LogP contribution in [-0.4, -0.2) is 41.0 Å². The lowest BCUT2D eigenvalue weighted by Crippen LogP contribution is -2.48. The number of rotatable bonds is 6. The van der Waals surface area contributed by atoms with Crippen molar-refractivity contribution >= 4 is 11.9 Å². The third-order valence-electron chi connectivity index (χ3n) is 1.99. The molecule has 0 rings (SSSR count). The van der Waals surface area contributed by atoms with E-state index >= 15 is 0 Å². The molecule has 86 valence electrons. The SMILES string of the molecule is C=CCN(CC(=O)O)C(=O)[C@@H](N)C(C)C. The van der Waals surface area contributed by atoms with Crippen molar-refractivity contribution in [3.05, 3.63) is 12.7 Å². The van der Waals surface area contributed by atoms with Gasteiger partial charge in [-0.2, -0.15) is 0 Å². The molecule has 5 nitrogen and oxygen atoms in total. The van der Waals surface area contributed by atoms with Crippen molar-refractivity contribution in [2.75, 3.05) is 13.1 Å². The van der Waals surface area contributed by atoms with Crippen LogP contribution in [0, 0.1) is 5.92 Å². The Bertz CT molecular complexity index is 251. The first-order chi connectivity index (χ1) is 6.90. The number of nitrogens with zero attached hydrogens (tertiary/aromatic N) is 1. The van der Waals surface area contributed by atoms with Gasteiger partial charge in [-0.15, -0.1) is 6.58 Å². The van der Waals surface area contributed by atoms with Crippen LogP contribution < -0.4 is 5.73 Å². The summed E-state index contributed by atoms with van der Waals surface area (Å²) in [5.41, 5.74) is 5.65. The highest BCUT2D eigenvalue weighted by atomic mass is 16.4. The number of hydrogen-bond acceptors (Lipinski definition) is 3. The van der Waals surface area contributed by atoms with E-state index in [-0.39, 0.29) is 24.9 Å². The number of carbonyl (C=O) groups is 2. The summed E-state index contributed by atoms with van der Waals surface area (Å²) in [6, 6.07) is -0.663. The number of carbonyl (C=O) groups excluding carboxylic acids is 1. The predicted molar refractivity (Wildman–Crippen MR) is 57.2 cm³/mol. The Balaban J connectivity index is 4.53. The van der Waals surface area contributed by atoms with Crippen molar-refractivity contribution in [1.82, 2.24) is 4.90 Å². The summed E-state index contributed by atoms with van der Waals surface area (Å²) < 4.78 is 0. The molecule has 5 heteroatoms. The highest BCUT2D eigenvalue weighted by Crippen LogP contribution is 2.03. The lowest BCUT2D eigenvalue weighted by molar-refractivity contribution is -0.145. The summed E-state index contributed by atoms with van der Waals surface area (Å²) in [4.78, 5) is 23.4. The average molecular weight is 214 g/mol. The van der Waals surface area contributed by atoms with E-state index < -0.39 is 12.0 Å². The second kappa shape index (κ2) is 6.19. The normalized spacial score (nSPS) is 12.3. The molecule has 0 saturated carbocycles. The minimum Gasteiger partial charge on any atom is -0.480 e. The van der Waals surface area contributed by atoms with Crippen LogP contribution in [0.3, 0.4) is 0 Å². The molecule has 0 fully saturated rings. The third-order valence-corrected chi connectivity index (χ3v) is 1.99.